The highest BCUT2D eigenvalue weighted by atomic mass is 16.7. The van der Waals surface area contributed by atoms with Gasteiger partial charge in [-0.15, -0.1) is 0 Å². The topological polar surface area (TPSA) is 61.6 Å². The summed E-state index contributed by atoms with van der Waals surface area (Å²) in [5, 5.41) is 0. The van der Waals surface area contributed by atoms with Crippen molar-refractivity contribution in [3.05, 3.63) is 23.8 Å². The van der Waals surface area contributed by atoms with E-state index in [2.05, 4.69) is 0 Å². The Kier molecular flexibility index (Phi) is 2.74. The molecule has 0 aromatic heterocycles. The Labute approximate surface area is 106 Å². The number of hydrogen-bond acceptors (Lipinski definition) is 4. The second kappa shape index (κ2) is 4.28. The molecule has 2 N–H and O–H groups in total. The van der Waals surface area contributed by atoms with E-state index in [4.69, 9.17) is 15.2 Å². The molecule has 0 atom stereocenters. The molecule has 2 aliphatic rings. The number of ketones is 1. The first-order valence-electron chi connectivity index (χ1n) is 6.48. The minimum Gasteiger partial charge on any atom is -0.448 e. The Morgan fingerprint density at radius 2 is 1.94 bits per heavy atom. The summed E-state index contributed by atoms with van der Waals surface area (Å²) in [4.78, 5) is 11.8. The van der Waals surface area contributed by atoms with Gasteiger partial charge in [-0.1, -0.05) is 0 Å². The van der Waals surface area contributed by atoms with Crippen molar-refractivity contribution in [3.63, 3.8) is 0 Å². The molecule has 0 radical (unpaired) electrons. The first-order valence-corrected chi connectivity index (χ1v) is 6.48. The van der Waals surface area contributed by atoms with Crippen LogP contribution in [0.1, 0.15) is 42.5 Å². The van der Waals surface area contributed by atoms with E-state index in [-0.39, 0.29) is 5.78 Å². The van der Waals surface area contributed by atoms with Gasteiger partial charge >= 0.3 is 0 Å². The molecule has 1 saturated carbocycles. The molecule has 1 heterocycles. The van der Waals surface area contributed by atoms with Gasteiger partial charge in [0.1, 0.15) is 0 Å². The highest BCUT2D eigenvalue weighted by molar-refractivity contribution is 5.96. The second-order valence-electron chi connectivity index (χ2n) is 4.95. The summed E-state index contributed by atoms with van der Waals surface area (Å²) in [6, 6.07) is 5.39. The molecule has 0 saturated heterocycles. The van der Waals surface area contributed by atoms with E-state index in [0.29, 0.717) is 24.3 Å². The average molecular weight is 247 g/mol. The Balaban J connectivity index is 1.84. The molecule has 3 rings (SSSR count). The Morgan fingerprint density at radius 1 is 1.22 bits per heavy atom. The zero-order chi connectivity index (χ0) is 12.6. The molecule has 1 fully saturated rings. The van der Waals surface area contributed by atoms with Crippen LogP contribution in [0.4, 0.5) is 0 Å². The third kappa shape index (κ3) is 1.86. The van der Waals surface area contributed by atoms with Crippen molar-refractivity contribution < 1.29 is 14.3 Å². The van der Waals surface area contributed by atoms with Gasteiger partial charge in [0, 0.05) is 24.8 Å². The van der Waals surface area contributed by atoms with Gasteiger partial charge in [-0.3, -0.25) is 4.79 Å². The van der Waals surface area contributed by atoms with Gasteiger partial charge in [0.05, 0.1) is 0 Å². The zero-order valence-electron chi connectivity index (χ0n) is 10.3. The fraction of sp³-hybridized carbons (Fsp3) is 0.500. The number of hydrogen-bond donors (Lipinski definition) is 1. The molecule has 96 valence electrons. The number of rotatable bonds is 3. The van der Waals surface area contributed by atoms with E-state index in [9.17, 15) is 4.79 Å². The van der Waals surface area contributed by atoms with Crippen LogP contribution >= 0.6 is 0 Å². The van der Waals surface area contributed by atoms with Gasteiger partial charge in [0.25, 0.3) is 5.79 Å². The average Bonchev–Trinajstić information content (AvgIpc) is 2.95. The lowest BCUT2D eigenvalue weighted by Gasteiger charge is -2.21. The monoisotopic (exact) mass is 247 g/mol. The standard InChI is InChI=1S/C14H17NO3/c15-8-5-11(16)10-3-4-12-13(9-10)18-14(17-12)6-1-2-7-14/h3-4,9H,1-2,5-8,15H2. The number of nitrogens with two attached hydrogens (primary N) is 1. The Bertz CT molecular complexity index is 478. The zero-order valence-corrected chi connectivity index (χ0v) is 10.3. The van der Waals surface area contributed by atoms with Gasteiger partial charge in [0.15, 0.2) is 17.3 Å². The smallest absolute Gasteiger partial charge is 0.251 e. The summed E-state index contributed by atoms with van der Waals surface area (Å²) in [7, 11) is 0. The summed E-state index contributed by atoms with van der Waals surface area (Å²) in [6.45, 7) is 0.372. The molecule has 0 unspecified atom stereocenters. The largest absolute Gasteiger partial charge is 0.448 e. The molecule has 0 bridgehead atoms. The number of benzene rings is 1. The fourth-order valence-electron chi connectivity index (χ4n) is 2.66. The van der Waals surface area contributed by atoms with Crippen LogP contribution in [0.5, 0.6) is 11.5 Å². The van der Waals surface area contributed by atoms with E-state index < -0.39 is 5.79 Å². The van der Waals surface area contributed by atoms with Crippen LogP contribution in [-0.2, 0) is 0 Å². The maximum absolute atomic E-state index is 11.8. The SMILES string of the molecule is NCCC(=O)c1ccc2c(c1)OC1(CCCC1)O2. The van der Waals surface area contributed by atoms with E-state index in [0.717, 1.165) is 31.4 Å². The summed E-state index contributed by atoms with van der Waals surface area (Å²) >= 11 is 0. The summed E-state index contributed by atoms with van der Waals surface area (Å²) in [6.07, 6.45) is 4.48. The molecule has 4 heteroatoms. The van der Waals surface area contributed by atoms with E-state index >= 15 is 0 Å². The first-order chi connectivity index (χ1) is 8.72. The molecule has 18 heavy (non-hydrogen) atoms. The molecule has 1 aliphatic carbocycles. The van der Waals surface area contributed by atoms with Gasteiger partial charge in [-0.25, -0.2) is 0 Å². The number of fused-ring (bicyclic) bond motifs is 1. The summed E-state index contributed by atoms with van der Waals surface area (Å²) < 4.78 is 11.8. The van der Waals surface area contributed by atoms with Crippen molar-refractivity contribution in [1.82, 2.24) is 0 Å². The van der Waals surface area contributed by atoms with Crippen LogP contribution in [-0.4, -0.2) is 18.1 Å². The molecular formula is C14H17NO3. The number of carbonyl (C=O) groups excluding carboxylic acids is 1. The van der Waals surface area contributed by atoms with Crippen LogP contribution in [0.25, 0.3) is 0 Å². The van der Waals surface area contributed by atoms with Crippen molar-refractivity contribution in [1.29, 1.82) is 0 Å². The van der Waals surface area contributed by atoms with Crippen molar-refractivity contribution in [2.75, 3.05) is 6.54 Å². The lowest BCUT2D eigenvalue weighted by Crippen LogP contribution is -2.34. The highest BCUT2D eigenvalue weighted by Gasteiger charge is 2.44. The molecule has 4 nitrogen and oxygen atoms in total. The predicted molar refractivity (Wildman–Crippen MR) is 66.9 cm³/mol. The van der Waals surface area contributed by atoms with Crippen molar-refractivity contribution in [2.24, 2.45) is 5.73 Å². The van der Waals surface area contributed by atoms with Gasteiger partial charge < -0.3 is 15.2 Å². The second-order valence-corrected chi connectivity index (χ2v) is 4.95. The number of ether oxygens (including phenoxy) is 2. The molecule has 1 aromatic carbocycles. The normalized spacial score (nSPS) is 19.4. The number of carbonyl (C=O) groups is 1. The molecule has 0 amide bonds. The van der Waals surface area contributed by atoms with Crippen LogP contribution in [0.2, 0.25) is 0 Å². The maximum atomic E-state index is 11.8. The van der Waals surface area contributed by atoms with Crippen molar-refractivity contribution in [2.45, 2.75) is 37.9 Å². The number of Topliss-reactive ketones (excluding diaryl/α,β-unsaturated/α-hetero) is 1. The lowest BCUT2D eigenvalue weighted by molar-refractivity contribution is -0.0716. The maximum Gasteiger partial charge on any atom is 0.251 e. The third-order valence-corrected chi connectivity index (χ3v) is 3.59. The molecular weight excluding hydrogens is 230 g/mol. The quantitative estimate of drug-likeness (QED) is 0.832. The molecule has 1 aromatic rings. The van der Waals surface area contributed by atoms with E-state index in [1.807, 2.05) is 6.07 Å². The summed E-state index contributed by atoms with van der Waals surface area (Å²) in [5.41, 5.74) is 6.05. The Morgan fingerprint density at radius 3 is 2.67 bits per heavy atom. The minimum absolute atomic E-state index is 0.0521. The van der Waals surface area contributed by atoms with Crippen molar-refractivity contribution in [3.8, 4) is 11.5 Å². The van der Waals surface area contributed by atoms with E-state index in [1.165, 1.54) is 0 Å². The predicted octanol–water partition coefficient (Wildman–Crippen LogP) is 2.26. The fourth-order valence-corrected chi connectivity index (χ4v) is 2.66. The first kappa shape index (κ1) is 11.5. The van der Waals surface area contributed by atoms with Gasteiger partial charge in [0.2, 0.25) is 0 Å². The van der Waals surface area contributed by atoms with Crippen LogP contribution < -0.4 is 15.2 Å². The van der Waals surface area contributed by atoms with Crippen LogP contribution in [0.15, 0.2) is 18.2 Å². The highest BCUT2D eigenvalue weighted by Crippen LogP contribution is 2.46. The van der Waals surface area contributed by atoms with Gasteiger partial charge in [-0.05, 0) is 37.6 Å². The molecule has 1 spiro atoms. The Hall–Kier alpha value is -1.55. The van der Waals surface area contributed by atoms with Gasteiger partial charge in [-0.2, -0.15) is 0 Å². The molecule has 1 aliphatic heterocycles. The van der Waals surface area contributed by atoms with Crippen LogP contribution in [0, 0.1) is 0 Å². The van der Waals surface area contributed by atoms with Crippen LogP contribution in [0.3, 0.4) is 0 Å². The van der Waals surface area contributed by atoms with E-state index in [1.54, 1.807) is 12.1 Å². The third-order valence-electron chi connectivity index (χ3n) is 3.59. The lowest BCUT2D eigenvalue weighted by atomic mass is 10.1. The summed E-state index contributed by atoms with van der Waals surface area (Å²) in [5.74, 6) is 1.04. The minimum atomic E-state index is -0.460. The van der Waals surface area contributed by atoms with Crippen molar-refractivity contribution >= 4 is 5.78 Å².